The van der Waals surface area contributed by atoms with E-state index in [0.29, 0.717) is 0 Å². The van der Waals surface area contributed by atoms with Crippen LogP contribution in [0.5, 0.6) is 5.75 Å². The Balaban J connectivity index is 3.16. The summed E-state index contributed by atoms with van der Waals surface area (Å²) in [5, 5.41) is 9.28. The number of carbonyl (C=O) groups is 2. The minimum absolute atomic E-state index is 0.0734. The lowest BCUT2D eigenvalue weighted by Gasteiger charge is -2.03. The first-order valence-corrected chi connectivity index (χ1v) is 3.96. The predicted molar refractivity (Wildman–Crippen MR) is 48.6 cm³/mol. The normalized spacial score (nSPS) is 9.47. The molecular weight excluding hydrogens is 202 g/mol. The van der Waals surface area contributed by atoms with Crippen LogP contribution in [0.2, 0.25) is 0 Å². The van der Waals surface area contributed by atoms with Crippen LogP contribution < -0.4 is 0 Å². The standard InChI is InChI=1S/C9H9NO5/c1-14-8(12)5-3-4-6(11)7(10-5)9(13)15-2/h3-4,11H,1-2H3. The van der Waals surface area contributed by atoms with E-state index in [2.05, 4.69) is 14.5 Å². The molecule has 1 aromatic rings. The Labute approximate surface area is 85.5 Å². The Morgan fingerprint density at radius 2 is 1.80 bits per heavy atom. The summed E-state index contributed by atoms with van der Waals surface area (Å²) < 4.78 is 8.78. The lowest BCUT2D eigenvalue weighted by atomic mass is 10.3. The third kappa shape index (κ3) is 2.22. The number of ether oxygens (including phenoxy) is 2. The van der Waals surface area contributed by atoms with Gasteiger partial charge in [-0.1, -0.05) is 0 Å². The topological polar surface area (TPSA) is 85.7 Å². The van der Waals surface area contributed by atoms with E-state index in [1.807, 2.05) is 0 Å². The van der Waals surface area contributed by atoms with Crippen LogP contribution in [-0.4, -0.2) is 36.2 Å². The zero-order valence-electron chi connectivity index (χ0n) is 8.18. The Morgan fingerprint density at radius 1 is 1.20 bits per heavy atom. The molecule has 6 heteroatoms. The molecule has 0 aromatic carbocycles. The highest BCUT2D eigenvalue weighted by Gasteiger charge is 2.17. The van der Waals surface area contributed by atoms with Gasteiger partial charge in [0.15, 0.2) is 5.69 Å². The predicted octanol–water partition coefficient (Wildman–Crippen LogP) is 0.360. The Kier molecular flexibility index (Phi) is 3.22. The van der Waals surface area contributed by atoms with Gasteiger partial charge in [0, 0.05) is 0 Å². The smallest absolute Gasteiger partial charge is 0.360 e. The van der Waals surface area contributed by atoms with Crippen molar-refractivity contribution in [2.45, 2.75) is 0 Å². The number of pyridine rings is 1. The summed E-state index contributed by atoms with van der Waals surface area (Å²) in [4.78, 5) is 25.8. The number of nitrogens with zero attached hydrogens (tertiary/aromatic N) is 1. The van der Waals surface area contributed by atoms with Crippen molar-refractivity contribution in [1.82, 2.24) is 4.98 Å². The van der Waals surface area contributed by atoms with E-state index >= 15 is 0 Å². The molecule has 0 saturated heterocycles. The fourth-order valence-electron chi connectivity index (χ4n) is 0.917. The van der Waals surface area contributed by atoms with Gasteiger partial charge in [0.25, 0.3) is 0 Å². The van der Waals surface area contributed by atoms with Crippen LogP contribution in [0.25, 0.3) is 0 Å². The summed E-state index contributed by atoms with van der Waals surface area (Å²) in [5.41, 5.74) is -0.392. The first-order chi connectivity index (χ1) is 7.10. The van der Waals surface area contributed by atoms with Gasteiger partial charge >= 0.3 is 11.9 Å². The molecule has 0 aliphatic carbocycles. The van der Waals surface area contributed by atoms with E-state index in [0.717, 1.165) is 7.11 Å². The van der Waals surface area contributed by atoms with Crippen molar-refractivity contribution in [1.29, 1.82) is 0 Å². The number of rotatable bonds is 2. The highest BCUT2D eigenvalue weighted by atomic mass is 16.5. The van der Waals surface area contributed by atoms with Gasteiger partial charge in [-0.2, -0.15) is 0 Å². The fraction of sp³-hybridized carbons (Fsp3) is 0.222. The van der Waals surface area contributed by atoms with Crippen LogP contribution in [0.15, 0.2) is 12.1 Å². The van der Waals surface area contributed by atoms with E-state index < -0.39 is 11.9 Å². The van der Waals surface area contributed by atoms with Gasteiger partial charge in [0.2, 0.25) is 0 Å². The molecule has 1 rings (SSSR count). The Bertz CT molecular complexity index is 401. The number of esters is 2. The van der Waals surface area contributed by atoms with E-state index in [-0.39, 0.29) is 17.1 Å². The van der Waals surface area contributed by atoms with Crippen molar-refractivity contribution < 1.29 is 24.2 Å². The van der Waals surface area contributed by atoms with Gasteiger partial charge in [-0.3, -0.25) is 0 Å². The van der Waals surface area contributed by atoms with Gasteiger partial charge < -0.3 is 14.6 Å². The van der Waals surface area contributed by atoms with Crippen LogP contribution in [0, 0.1) is 0 Å². The summed E-state index contributed by atoms with van der Waals surface area (Å²) in [6.45, 7) is 0. The molecule has 0 amide bonds. The molecule has 0 atom stereocenters. The molecule has 0 unspecified atom stereocenters. The van der Waals surface area contributed by atoms with Crippen molar-refractivity contribution in [3.05, 3.63) is 23.5 Å². The molecule has 0 aliphatic rings. The zero-order valence-corrected chi connectivity index (χ0v) is 8.18. The number of hydrogen-bond acceptors (Lipinski definition) is 6. The fourth-order valence-corrected chi connectivity index (χ4v) is 0.917. The van der Waals surface area contributed by atoms with Crippen molar-refractivity contribution >= 4 is 11.9 Å². The largest absolute Gasteiger partial charge is 0.505 e. The van der Waals surface area contributed by atoms with Crippen molar-refractivity contribution in [3.63, 3.8) is 0 Å². The second kappa shape index (κ2) is 4.41. The quantitative estimate of drug-likeness (QED) is 0.711. The lowest BCUT2D eigenvalue weighted by Crippen LogP contribution is -2.10. The van der Waals surface area contributed by atoms with Crippen molar-refractivity contribution in [3.8, 4) is 5.75 Å². The third-order valence-electron chi connectivity index (χ3n) is 1.65. The maximum absolute atomic E-state index is 11.1. The molecule has 1 aromatic heterocycles. The molecule has 1 N–H and O–H groups in total. The molecule has 0 bridgehead atoms. The summed E-state index contributed by atoms with van der Waals surface area (Å²) in [6, 6.07) is 2.42. The summed E-state index contributed by atoms with van der Waals surface area (Å²) in [5.74, 6) is -1.87. The number of carbonyl (C=O) groups excluding carboxylic acids is 2. The van der Waals surface area contributed by atoms with E-state index in [1.165, 1.54) is 19.2 Å². The lowest BCUT2D eigenvalue weighted by molar-refractivity contribution is 0.0583. The molecular formula is C9H9NO5. The van der Waals surface area contributed by atoms with E-state index in [4.69, 9.17) is 0 Å². The minimum Gasteiger partial charge on any atom is -0.505 e. The number of methoxy groups -OCH3 is 2. The SMILES string of the molecule is COC(=O)c1ccc(O)c(C(=O)OC)n1. The molecule has 1 heterocycles. The molecule has 0 aliphatic heterocycles. The zero-order chi connectivity index (χ0) is 11.4. The average Bonchev–Trinajstić information content (AvgIpc) is 2.27. The van der Waals surface area contributed by atoms with Crippen LogP contribution in [0.4, 0.5) is 0 Å². The van der Waals surface area contributed by atoms with Gasteiger partial charge in [0.05, 0.1) is 14.2 Å². The monoisotopic (exact) mass is 211 g/mol. The summed E-state index contributed by atoms with van der Waals surface area (Å²) >= 11 is 0. The van der Waals surface area contributed by atoms with Gasteiger partial charge in [-0.15, -0.1) is 0 Å². The molecule has 6 nitrogen and oxygen atoms in total. The van der Waals surface area contributed by atoms with Gasteiger partial charge in [-0.05, 0) is 12.1 Å². The number of hydrogen-bond donors (Lipinski definition) is 1. The van der Waals surface area contributed by atoms with E-state index in [1.54, 1.807) is 0 Å². The molecule has 0 radical (unpaired) electrons. The molecule has 0 saturated carbocycles. The molecule has 0 spiro atoms. The summed E-state index contributed by atoms with van der Waals surface area (Å²) in [6.07, 6.45) is 0. The molecule has 15 heavy (non-hydrogen) atoms. The highest BCUT2D eigenvalue weighted by molar-refractivity contribution is 5.93. The van der Waals surface area contributed by atoms with Crippen molar-refractivity contribution in [2.75, 3.05) is 14.2 Å². The Morgan fingerprint density at radius 3 is 2.33 bits per heavy atom. The first-order valence-electron chi connectivity index (χ1n) is 3.96. The van der Waals surface area contributed by atoms with E-state index in [9.17, 15) is 14.7 Å². The second-order valence-corrected chi connectivity index (χ2v) is 2.55. The van der Waals surface area contributed by atoms with Crippen molar-refractivity contribution in [2.24, 2.45) is 0 Å². The van der Waals surface area contributed by atoms with Gasteiger partial charge in [0.1, 0.15) is 11.4 Å². The summed E-state index contributed by atoms with van der Waals surface area (Å²) in [7, 11) is 2.34. The average molecular weight is 211 g/mol. The highest BCUT2D eigenvalue weighted by Crippen LogP contribution is 2.16. The first kappa shape index (κ1) is 11.0. The third-order valence-corrected chi connectivity index (χ3v) is 1.65. The second-order valence-electron chi connectivity index (χ2n) is 2.55. The van der Waals surface area contributed by atoms with Crippen LogP contribution in [-0.2, 0) is 9.47 Å². The minimum atomic E-state index is -0.821. The van der Waals surface area contributed by atoms with Crippen LogP contribution >= 0.6 is 0 Å². The van der Waals surface area contributed by atoms with Crippen LogP contribution in [0.3, 0.4) is 0 Å². The maximum atomic E-state index is 11.1. The molecule has 80 valence electrons. The maximum Gasteiger partial charge on any atom is 0.360 e. The molecule has 0 fully saturated rings. The van der Waals surface area contributed by atoms with Gasteiger partial charge in [-0.25, -0.2) is 14.6 Å². The number of aromatic nitrogens is 1. The van der Waals surface area contributed by atoms with Crippen LogP contribution in [0.1, 0.15) is 21.0 Å². The Hall–Kier alpha value is -2.11. The number of aromatic hydroxyl groups is 1.